The van der Waals surface area contributed by atoms with Crippen molar-refractivity contribution in [2.45, 2.75) is 18.7 Å². The fourth-order valence-electron chi connectivity index (χ4n) is 1.20. The van der Waals surface area contributed by atoms with Gasteiger partial charge in [-0.3, -0.25) is 4.79 Å². The first-order valence-electron chi connectivity index (χ1n) is 5.89. The molecule has 9 heteroatoms. The zero-order valence-corrected chi connectivity index (χ0v) is 12.8. The number of halogens is 1. The van der Waals surface area contributed by atoms with Crippen LogP contribution in [0.2, 0.25) is 5.02 Å². The highest BCUT2D eigenvalue weighted by atomic mass is 35.5. The van der Waals surface area contributed by atoms with Gasteiger partial charge in [0.15, 0.2) is 0 Å². The highest BCUT2D eigenvalue weighted by Crippen LogP contribution is 2.19. The molecule has 1 aromatic rings. The number of aromatic nitrogens is 1. The van der Waals surface area contributed by atoms with Crippen LogP contribution in [-0.2, 0) is 14.8 Å². The van der Waals surface area contributed by atoms with Crippen molar-refractivity contribution in [3.05, 3.63) is 17.3 Å². The molecule has 4 N–H and O–H groups in total. The molecule has 0 unspecified atom stereocenters. The summed E-state index contributed by atoms with van der Waals surface area (Å²) in [6, 6.07) is 1.18. The Labute approximate surface area is 123 Å². The number of nitrogens with one attached hydrogen (secondary N) is 2. The van der Waals surface area contributed by atoms with E-state index in [1.54, 1.807) is 0 Å². The van der Waals surface area contributed by atoms with E-state index in [2.05, 4.69) is 15.0 Å². The van der Waals surface area contributed by atoms with E-state index in [0.717, 1.165) is 6.20 Å². The maximum absolute atomic E-state index is 11.9. The Morgan fingerprint density at radius 2 is 2.15 bits per heavy atom. The molecule has 1 amide bonds. The molecule has 0 atom stereocenters. The monoisotopic (exact) mass is 320 g/mol. The summed E-state index contributed by atoms with van der Waals surface area (Å²) in [7, 11) is -3.85. The van der Waals surface area contributed by atoms with Gasteiger partial charge in [0, 0.05) is 12.7 Å². The molecule has 0 aliphatic carbocycles. The average Bonchev–Trinajstić information content (AvgIpc) is 2.37. The quantitative estimate of drug-likeness (QED) is 0.700. The number of hydrogen-bond acceptors (Lipinski definition) is 5. The maximum Gasteiger partial charge on any atom is 0.242 e. The van der Waals surface area contributed by atoms with E-state index in [1.807, 2.05) is 13.8 Å². The van der Waals surface area contributed by atoms with Gasteiger partial charge in [0.1, 0.15) is 10.7 Å². The van der Waals surface area contributed by atoms with Gasteiger partial charge in [-0.2, -0.15) is 0 Å². The van der Waals surface area contributed by atoms with Gasteiger partial charge >= 0.3 is 0 Å². The van der Waals surface area contributed by atoms with E-state index in [4.69, 9.17) is 17.3 Å². The first-order chi connectivity index (χ1) is 9.22. The summed E-state index contributed by atoms with van der Waals surface area (Å²) >= 11 is 5.71. The predicted molar refractivity (Wildman–Crippen MR) is 76.7 cm³/mol. The van der Waals surface area contributed by atoms with Crippen molar-refractivity contribution >= 4 is 33.3 Å². The van der Waals surface area contributed by atoms with E-state index in [1.165, 1.54) is 6.07 Å². The Bertz CT molecular complexity index is 589. The van der Waals surface area contributed by atoms with Gasteiger partial charge in [0.25, 0.3) is 0 Å². The molecule has 0 saturated heterocycles. The number of amides is 1. The summed E-state index contributed by atoms with van der Waals surface area (Å²) in [5.74, 6) is -0.0762. The van der Waals surface area contributed by atoms with Crippen molar-refractivity contribution in [3.8, 4) is 0 Å². The second kappa shape index (κ2) is 6.87. The van der Waals surface area contributed by atoms with Crippen LogP contribution >= 0.6 is 11.6 Å². The predicted octanol–water partition coefficient (Wildman–Crippen LogP) is 0.368. The number of nitrogens with zero attached hydrogens (tertiary/aromatic N) is 1. The average molecular weight is 321 g/mol. The van der Waals surface area contributed by atoms with Crippen LogP contribution in [0.3, 0.4) is 0 Å². The molecule has 0 saturated carbocycles. The molecule has 0 aromatic carbocycles. The van der Waals surface area contributed by atoms with Crippen LogP contribution < -0.4 is 15.8 Å². The van der Waals surface area contributed by atoms with Gasteiger partial charge in [-0.1, -0.05) is 25.4 Å². The fourth-order valence-corrected chi connectivity index (χ4v) is 2.39. The van der Waals surface area contributed by atoms with Gasteiger partial charge in [0.2, 0.25) is 15.9 Å². The lowest BCUT2D eigenvalue weighted by atomic mass is 10.2. The number of carbonyl (C=O) groups excluding carboxylic acids is 1. The molecule has 0 aliphatic heterocycles. The van der Waals surface area contributed by atoms with E-state index >= 15 is 0 Å². The van der Waals surface area contributed by atoms with Crippen LogP contribution in [0.1, 0.15) is 13.8 Å². The number of anilines is 1. The number of hydrogen-bond donors (Lipinski definition) is 3. The third-order valence-electron chi connectivity index (χ3n) is 2.29. The second-order valence-electron chi connectivity index (χ2n) is 4.56. The van der Waals surface area contributed by atoms with Crippen molar-refractivity contribution < 1.29 is 13.2 Å². The standard InChI is InChI=1S/C11H17ClN4O3S/c1-7(2)4-14-10(17)6-16-20(18,19)8-3-9(12)11(13)15-5-8/h3,5,7,16H,4,6H2,1-2H3,(H2,13,15)(H,14,17). The highest BCUT2D eigenvalue weighted by molar-refractivity contribution is 7.89. The Morgan fingerprint density at radius 3 is 2.70 bits per heavy atom. The third-order valence-corrected chi connectivity index (χ3v) is 3.96. The van der Waals surface area contributed by atoms with Crippen molar-refractivity contribution in [3.63, 3.8) is 0 Å². The maximum atomic E-state index is 11.9. The van der Waals surface area contributed by atoms with E-state index < -0.39 is 15.9 Å². The molecule has 0 bridgehead atoms. The van der Waals surface area contributed by atoms with E-state index in [9.17, 15) is 13.2 Å². The first kappa shape index (κ1) is 16.7. The van der Waals surface area contributed by atoms with Crippen molar-refractivity contribution in [2.75, 3.05) is 18.8 Å². The van der Waals surface area contributed by atoms with Crippen molar-refractivity contribution in [2.24, 2.45) is 5.92 Å². The summed E-state index contributed by atoms with van der Waals surface area (Å²) in [6.45, 7) is 4.01. The topological polar surface area (TPSA) is 114 Å². The van der Waals surface area contributed by atoms with Gasteiger partial charge in [-0.05, 0) is 12.0 Å². The minimum absolute atomic E-state index is 0.0390. The Balaban J connectivity index is 2.66. The number of nitrogens with two attached hydrogens (primary N) is 1. The summed E-state index contributed by atoms with van der Waals surface area (Å²) in [5.41, 5.74) is 5.40. The van der Waals surface area contributed by atoms with Crippen LogP contribution in [-0.4, -0.2) is 32.4 Å². The van der Waals surface area contributed by atoms with E-state index in [0.29, 0.717) is 6.54 Å². The van der Waals surface area contributed by atoms with Gasteiger partial charge in [-0.15, -0.1) is 0 Å². The van der Waals surface area contributed by atoms with Crippen LogP contribution in [0.4, 0.5) is 5.82 Å². The Morgan fingerprint density at radius 1 is 1.50 bits per heavy atom. The SMILES string of the molecule is CC(C)CNC(=O)CNS(=O)(=O)c1cnc(N)c(Cl)c1. The zero-order chi connectivity index (χ0) is 15.3. The van der Waals surface area contributed by atoms with Gasteiger partial charge < -0.3 is 11.1 Å². The van der Waals surface area contributed by atoms with Crippen LogP contribution in [0.15, 0.2) is 17.2 Å². The van der Waals surface area contributed by atoms with Gasteiger partial charge in [0.05, 0.1) is 11.6 Å². The van der Waals surface area contributed by atoms with E-state index in [-0.39, 0.29) is 28.2 Å². The Kier molecular flexibility index (Phi) is 5.73. The number of rotatable bonds is 6. The molecule has 0 radical (unpaired) electrons. The molecule has 0 aliphatic rings. The number of sulfonamides is 1. The largest absolute Gasteiger partial charge is 0.382 e. The lowest BCUT2D eigenvalue weighted by molar-refractivity contribution is -0.120. The number of carbonyl (C=O) groups is 1. The van der Waals surface area contributed by atoms with Crippen LogP contribution in [0.5, 0.6) is 0 Å². The molecule has 1 rings (SSSR count). The molecular weight excluding hydrogens is 304 g/mol. The van der Waals surface area contributed by atoms with Crippen LogP contribution in [0, 0.1) is 5.92 Å². The lowest BCUT2D eigenvalue weighted by Crippen LogP contribution is -2.38. The molecule has 1 aromatic heterocycles. The molecule has 1 heterocycles. The summed E-state index contributed by atoms with van der Waals surface area (Å²) in [5, 5.41) is 2.64. The Hall–Kier alpha value is -1.38. The molecule has 0 spiro atoms. The summed E-state index contributed by atoms with van der Waals surface area (Å²) in [6.07, 6.45) is 1.08. The first-order valence-corrected chi connectivity index (χ1v) is 7.76. The lowest BCUT2D eigenvalue weighted by Gasteiger charge is -2.09. The zero-order valence-electron chi connectivity index (χ0n) is 11.2. The minimum Gasteiger partial charge on any atom is -0.382 e. The van der Waals surface area contributed by atoms with Crippen LogP contribution in [0.25, 0.3) is 0 Å². The smallest absolute Gasteiger partial charge is 0.242 e. The molecule has 20 heavy (non-hydrogen) atoms. The van der Waals surface area contributed by atoms with Crippen molar-refractivity contribution in [1.29, 1.82) is 0 Å². The number of pyridine rings is 1. The fraction of sp³-hybridized carbons (Fsp3) is 0.455. The van der Waals surface area contributed by atoms with Gasteiger partial charge in [-0.25, -0.2) is 18.1 Å². The molecule has 112 valence electrons. The summed E-state index contributed by atoms with van der Waals surface area (Å²) < 4.78 is 26.0. The van der Waals surface area contributed by atoms with Crippen molar-refractivity contribution in [1.82, 2.24) is 15.0 Å². The molecule has 0 fully saturated rings. The minimum atomic E-state index is -3.85. The highest BCUT2D eigenvalue weighted by Gasteiger charge is 2.17. The normalized spacial score (nSPS) is 11.6. The number of nitrogen functional groups attached to an aromatic ring is 1. The molecule has 7 nitrogen and oxygen atoms in total. The second-order valence-corrected chi connectivity index (χ2v) is 6.73. The molecular formula is C11H17ClN4O3S. The third kappa shape index (κ3) is 4.95. The summed E-state index contributed by atoms with van der Waals surface area (Å²) in [4.78, 5) is 15.0.